The number of hydrogen-bond acceptors (Lipinski definition) is 5. The Kier molecular flexibility index (Phi) is 7.21. The minimum atomic E-state index is -0.621. The van der Waals surface area contributed by atoms with E-state index in [9.17, 15) is 14.7 Å². The van der Waals surface area contributed by atoms with Gasteiger partial charge >= 0.3 is 0 Å². The van der Waals surface area contributed by atoms with Crippen molar-refractivity contribution in [2.24, 2.45) is 0 Å². The van der Waals surface area contributed by atoms with E-state index < -0.39 is 12.1 Å². The second kappa shape index (κ2) is 8.68. The van der Waals surface area contributed by atoms with Crippen LogP contribution in [0.15, 0.2) is 17.5 Å². The van der Waals surface area contributed by atoms with Crippen molar-refractivity contribution in [1.82, 2.24) is 10.6 Å². The number of carbonyl (C=O) groups is 2. The topological polar surface area (TPSA) is 87.7 Å². The van der Waals surface area contributed by atoms with E-state index in [1.54, 1.807) is 24.4 Å². The molecule has 1 aromatic rings. The first-order chi connectivity index (χ1) is 9.54. The Morgan fingerprint density at radius 2 is 2.25 bits per heavy atom. The van der Waals surface area contributed by atoms with Crippen LogP contribution in [0.2, 0.25) is 0 Å². The molecule has 20 heavy (non-hydrogen) atoms. The average Bonchev–Trinajstić information content (AvgIpc) is 2.92. The maximum absolute atomic E-state index is 11.8. The molecule has 0 saturated heterocycles. The van der Waals surface area contributed by atoms with E-state index in [1.807, 2.05) is 0 Å². The van der Waals surface area contributed by atoms with Crippen LogP contribution in [0.5, 0.6) is 0 Å². The summed E-state index contributed by atoms with van der Waals surface area (Å²) < 4.78 is 4.78. The fourth-order valence-corrected chi connectivity index (χ4v) is 2.16. The maximum atomic E-state index is 11.8. The van der Waals surface area contributed by atoms with Gasteiger partial charge in [0.2, 0.25) is 5.91 Å². The second-order valence-corrected chi connectivity index (χ2v) is 5.31. The lowest BCUT2D eigenvalue weighted by molar-refractivity contribution is -0.122. The summed E-state index contributed by atoms with van der Waals surface area (Å²) in [5.74, 6) is -0.540. The van der Waals surface area contributed by atoms with Gasteiger partial charge in [-0.25, -0.2) is 0 Å². The molecule has 0 aromatic carbocycles. The molecule has 0 aliphatic rings. The Morgan fingerprint density at radius 1 is 1.50 bits per heavy atom. The number of amides is 2. The molecule has 0 spiro atoms. The molecule has 2 atom stereocenters. The summed E-state index contributed by atoms with van der Waals surface area (Å²) in [5, 5.41) is 16.5. The molecule has 6 nitrogen and oxygen atoms in total. The van der Waals surface area contributed by atoms with Crippen LogP contribution in [-0.4, -0.2) is 49.3 Å². The van der Waals surface area contributed by atoms with Crippen LogP contribution < -0.4 is 10.6 Å². The summed E-state index contributed by atoms with van der Waals surface area (Å²) in [6.07, 6.45) is -0.193. The van der Waals surface area contributed by atoms with Gasteiger partial charge in [-0.1, -0.05) is 6.07 Å². The van der Waals surface area contributed by atoms with E-state index in [0.717, 1.165) is 0 Å². The summed E-state index contributed by atoms with van der Waals surface area (Å²) in [6.45, 7) is 2.19. The van der Waals surface area contributed by atoms with Crippen molar-refractivity contribution < 1.29 is 19.4 Å². The number of carbonyl (C=O) groups excluding carboxylic acids is 2. The van der Waals surface area contributed by atoms with Gasteiger partial charge in [-0.15, -0.1) is 11.3 Å². The van der Waals surface area contributed by atoms with Crippen molar-refractivity contribution in [1.29, 1.82) is 0 Å². The fraction of sp³-hybridized carbons (Fsp3) is 0.538. The predicted molar refractivity (Wildman–Crippen MR) is 76.8 cm³/mol. The molecule has 1 rings (SSSR count). The van der Waals surface area contributed by atoms with Gasteiger partial charge in [0.05, 0.1) is 17.6 Å². The molecule has 0 aliphatic carbocycles. The molecule has 112 valence electrons. The molecule has 0 radical (unpaired) electrons. The fourth-order valence-electron chi connectivity index (χ4n) is 1.53. The van der Waals surface area contributed by atoms with Gasteiger partial charge < -0.3 is 20.5 Å². The van der Waals surface area contributed by atoms with Crippen LogP contribution in [-0.2, 0) is 9.53 Å². The Hall–Kier alpha value is -1.44. The van der Waals surface area contributed by atoms with Crippen LogP contribution >= 0.6 is 11.3 Å². The molecule has 7 heteroatoms. The molecular formula is C13H20N2O4S. The average molecular weight is 300 g/mol. The first kappa shape index (κ1) is 16.6. The lowest BCUT2D eigenvalue weighted by Crippen LogP contribution is -2.45. The van der Waals surface area contributed by atoms with Gasteiger partial charge in [0, 0.05) is 13.7 Å². The van der Waals surface area contributed by atoms with Crippen molar-refractivity contribution in [2.75, 3.05) is 20.3 Å². The van der Waals surface area contributed by atoms with Crippen molar-refractivity contribution in [3.63, 3.8) is 0 Å². The highest BCUT2D eigenvalue weighted by Crippen LogP contribution is 2.08. The Bertz CT molecular complexity index is 422. The third kappa shape index (κ3) is 5.68. The zero-order chi connectivity index (χ0) is 15.0. The summed E-state index contributed by atoms with van der Waals surface area (Å²) >= 11 is 1.32. The van der Waals surface area contributed by atoms with E-state index in [2.05, 4.69) is 10.6 Å². The zero-order valence-electron chi connectivity index (χ0n) is 11.6. The molecule has 2 amide bonds. The first-order valence-electron chi connectivity index (χ1n) is 6.33. The normalized spacial score (nSPS) is 13.6. The molecule has 0 saturated carbocycles. The monoisotopic (exact) mass is 300 g/mol. The standard InChI is InChI=1S/C13H20N2O4S/c1-9(15-13(18)11-4-3-7-20-11)12(17)14-6-5-10(16)8-19-2/h3-4,7,9-10,16H,5-6,8H2,1-2H3,(H,14,17)(H,15,18). The molecule has 0 fully saturated rings. The number of aliphatic hydroxyl groups is 1. The maximum Gasteiger partial charge on any atom is 0.261 e. The van der Waals surface area contributed by atoms with Crippen LogP contribution in [0.1, 0.15) is 23.0 Å². The van der Waals surface area contributed by atoms with Crippen molar-refractivity contribution in [2.45, 2.75) is 25.5 Å². The number of thiophene rings is 1. The van der Waals surface area contributed by atoms with Crippen molar-refractivity contribution in [3.05, 3.63) is 22.4 Å². The van der Waals surface area contributed by atoms with Gasteiger partial charge in [-0.3, -0.25) is 9.59 Å². The van der Waals surface area contributed by atoms with Gasteiger partial charge in [-0.05, 0) is 24.8 Å². The third-order valence-corrected chi connectivity index (χ3v) is 3.49. The van der Waals surface area contributed by atoms with E-state index in [-0.39, 0.29) is 18.4 Å². The predicted octanol–water partition coefficient (Wildman–Crippen LogP) is 0.380. The molecule has 1 aromatic heterocycles. The highest BCUT2D eigenvalue weighted by molar-refractivity contribution is 7.12. The smallest absolute Gasteiger partial charge is 0.261 e. The van der Waals surface area contributed by atoms with Gasteiger partial charge in [-0.2, -0.15) is 0 Å². The summed E-state index contributed by atoms with van der Waals surface area (Å²) in [7, 11) is 1.50. The van der Waals surface area contributed by atoms with Crippen LogP contribution in [0.3, 0.4) is 0 Å². The molecule has 2 unspecified atom stereocenters. The largest absolute Gasteiger partial charge is 0.391 e. The Morgan fingerprint density at radius 3 is 2.85 bits per heavy atom. The Labute approximate surface area is 122 Å². The van der Waals surface area contributed by atoms with Crippen molar-refractivity contribution in [3.8, 4) is 0 Å². The molecular weight excluding hydrogens is 280 g/mol. The SMILES string of the molecule is COCC(O)CCNC(=O)C(C)NC(=O)c1cccs1. The second-order valence-electron chi connectivity index (χ2n) is 4.36. The number of nitrogens with one attached hydrogen (secondary N) is 2. The van der Waals surface area contributed by atoms with Gasteiger partial charge in [0.15, 0.2) is 0 Å². The van der Waals surface area contributed by atoms with Crippen LogP contribution in [0, 0.1) is 0 Å². The highest BCUT2D eigenvalue weighted by Gasteiger charge is 2.17. The summed E-state index contributed by atoms with van der Waals surface area (Å²) in [6, 6.07) is 2.86. The number of aliphatic hydroxyl groups excluding tert-OH is 1. The van der Waals surface area contributed by atoms with E-state index in [1.165, 1.54) is 18.4 Å². The lowest BCUT2D eigenvalue weighted by atomic mass is 10.2. The van der Waals surface area contributed by atoms with Gasteiger partial charge in [0.25, 0.3) is 5.91 Å². The number of hydrogen-bond donors (Lipinski definition) is 3. The zero-order valence-corrected chi connectivity index (χ0v) is 12.4. The van der Waals surface area contributed by atoms with E-state index in [0.29, 0.717) is 17.8 Å². The van der Waals surface area contributed by atoms with E-state index >= 15 is 0 Å². The Balaban J connectivity index is 2.27. The number of methoxy groups -OCH3 is 1. The lowest BCUT2D eigenvalue weighted by Gasteiger charge is -2.15. The molecule has 3 N–H and O–H groups in total. The van der Waals surface area contributed by atoms with E-state index in [4.69, 9.17) is 4.74 Å². The highest BCUT2D eigenvalue weighted by atomic mass is 32.1. The van der Waals surface area contributed by atoms with Crippen molar-refractivity contribution >= 4 is 23.2 Å². The molecule has 0 aliphatic heterocycles. The molecule has 1 heterocycles. The van der Waals surface area contributed by atoms with Crippen LogP contribution in [0.25, 0.3) is 0 Å². The van der Waals surface area contributed by atoms with Gasteiger partial charge in [0.1, 0.15) is 6.04 Å². The number of ether oxygens (including phenoxy) is 1. The van der Waals surface area contributed by atoms with Crippen LogP contribution in [0.4, 0.5) is 0 Å². The third-order valence-electron chi connectivity index (χ3n) is 2.62. The first-order valence-corrected chi connectivity index (χ1v) is 7.21. The minimum absolute atomic E-state index is 0.237. The molecule has 0 bridgehead atoms. The minimum Gasteiger partial charge on any atom is -0.391 e. The summed E-state index contributed by atoms with van der Waals surface area (Å²) in [4.78, 5) is 24.1. The quantitative estimate of drug-likeness (QED) is 0.648. The number of rotatable bonds is 8. The summed E-state index contributed by atoms with van der Waals surface area (Å²) in [5.41, 5.74) is 0.